The van der Waals surface area contributed by atoms with Crippen LogP contribution in [0.25, 0.3) is 10.9 Å². The van der Waals surface area contributed by atoms with Gasteiger partial charge in [-0.1, -0.05) is 11.6 Å². The van der Waals surface area contributed by atoms with Crippen LogP contribution in [0.2, 0.25) is 5.15 Å². The van der Waals surface area contributed by atoms with Gasteiger partial charge in [-0.2, -0.15) is 5.10 Å². The summed E-state index contributed by atoms with van der Waals surface area (Å²) in [5.74, 6) is -0.657. The van der Waals surface area contributed by atoms with Gasteiger partial charge in [0.05, 0.1) is 18.8 Å². The van der Waals surface area contributed by atoms with E-state index in [0.29, 0.717) is 10.9 Å². The van der Waals surface area contributed by atoms with Gasteiger partial charge in [0.2, 0.25) is 0 Å². The zero-order valence-electron chi connectivity index (χ0n) is 9.81. The molecule has 2 heterocycles. The first-order chi connectivity index (χ1) is 8.52. The molecule has 0 radical (unpaired) electrons. The Kier molecular flexibility index (Phi) is 3.29. The molecule has 2 aromatic rings. The standard InChI is InChI=1S/C11H10ClN3O3/c1-6(16)11-7-3-9(12)13-4-8(7)15(14-11)5-10(17)18-2/h3-4H,5H2,1-2H3. The van der Waals surface area contributed by atoms with Crippen molar-refractivity contribution in [2.24, 2.45) is 0 Å². The highest BCUT2D eigenvalue weighted by atomic mass is 35.5. The predicted molar refractivity (Wildman–Crippen MR) is 64.6 cm³/mol. The minimum Gasteiger partial charge on any atom is -0.468 e. The van der Waals surface area contributed by atoms with Crippen molar-refractivity contribution in [2.75, 3.05) is 7.11 Å². The molecule has 0 saturated heterocycles. The van der Waals surface area contributed by atoms with Crippen molar-refractivity contribution in [3.05, 3.63) is 23.1 Å². The Morgan fingerprint density at radius 2 is 2.22 bits per heavy atom. The van der Waals surface area contributed by atoms with Crippen LogP contribution in [0.4, 0.5) is 0 Å². The van der Waals surface area contributed by atoms with Gasteiger partial charge in [0.25, 0.3) is 0 Å². The lowest BCUT2D eigenvalue weighted by Gasteiger charge is -2.00. The summed E-state index contributed by atoms with van der Waals surface area (Å²) in [5.41, 5.74) is 0.827. The molecule has 0 aromatic carbocycles. The van der Waals surface area contributed by atoms with Crippen LogP contribution in [0.3, 0.4) is 0 Å². The molecule has 0 atom stereocenters. The number of fused-ring (bicyclic) bond motifs is 1. The zero-order valence-corrected chi connectivity index (χ0v) is 10.6. The van der Waals surface area contributed by atoms with Gasteiger partial charge in [0.15, 0.2) is 5.78 Å². The number of rotatable bonds is 3. The summed E-state index contributed by atoms with van der Waals surface area (Å²) >= 11 is 5.79. The molecule has 0 unspecified atom stereocenters. The molecule has 2 aromatic heterocycles. The van der Waals surface area contributed by atoms with Crippen molar-refractivity contribution < 1.29 is 14.3 Å². The highest BCUT2D eigenvalue weighted by Crippen LogP contribution is 2.21. The van der Waals surface area contributed by atoms with E-state index in [0.717, 1.165) is 0 Å². The molecule has 0 bridgehead atoms. The maximum Gasteiger partial charge on any atom is 0.327 e. The highest BCUT2D eigenvalue weighted by molar-refractivity contribution is 6.30. The molecule has 0 N–H and O–H groups in total. The van der Waals surface area contributed by atoms with Gasteiger partial charge in [0, 0.05) is 12.3 Å². The number of aromatic nitrogens is 3. The number of nitrogens with zero attached hydrogens (tertiary/aromatic N) is 3. The molecule has 0 aliphatic heterocycles. The number of ether oxygens (including phenoxy) is 1. The van der Waals surface area contributed by atoms with Crippen LogP contribution in [0.15, 0.2) is 12.3 Å². The van der Waals surface area contributed by atoms with Crippen LogP contribution in [0, 0.1) is 0 Å². The number of esters is 1. The van der Waals surface area contributed by atoms with Crippen LogP contribution < -0.4 is 0 Å². The van der Waals surface area contributed by atoms with Gasteiger partial charge < -0.3 is 4.74 Å². The van der Waals surface area contributed by atoms with Crippen LogP contribution in [0.5, 0.6) is 0 Å². The molecule has 94 valence electrons. The second-order valence-corrected chi connectivity index (χ2v) is 4.05. The molecule has 0 fully saturated rings. The van der Waals surface area contributed by atoms with Crippen molar-refractivity contribution in [1.82, 2.24) is 14.8 Å². The summed E-state index contributed by atoms with van der Waals surface area (Å²) in [6, 6.07) is 1.55. The molecular formula is C11H10ClN3O3. The first-order valence-electron chi connectivity index (χ1n) is 5.12. The number of methoxy groups -OCH3 is 1. The third-order valence-corrected chi connectivity index (χ3v) is 2.65. The monoisotopic (exact) mass is 267 g/mol. The van der Waals surface area contributed by atoms with E-state index < -0.39 is 5.97 Å². The molecule has 0 saturated carbocycles. The maximum atomic E-state index is 11.5. The van der Waals surface area contributed by atoms with Gasteiger partial charge >= 0.3 is 5.97 Å². The molecule has 0 amide bonds. The van der Waals surface area contributed by atoms with Crippen LogP contribution >= 0.6 is 11.6 Å². The molecule has 6 nitrogen and oxygen atoms in total. The fourth-order valence-electron chi connectivity index (χ4n) is 1.61. The van der Waals surface area contributed by atoms with Gasteiger partial charge in [-0.15, -0.1) is 0 Å². The number of pyridine rings is 1. The number of carbonyl (C=O) groups is 2. The van der Waals surface area contributed by atoms with Crippen LogP contribution in [0.1, 0.15) is 17.4 Å². The number of hydrogen-bond donors (Lipinski definition) is 0. The van der Waals surface area contributed by atoms with E-state index in [1.54, 1.807) is 6.07 Å². The summed E-state index contributed by atoms with van der Waals surface area (Å²) in [7, 11) is 1.29. The largest absolute Gasteiger partial charge is 0.468 e. The Bertz CT molecular complexity index is 636. The molecule has 2 rings (SSSR count). The summed E-state index contributed by atoms with van der Waals surface area (Å²) in [6.07, 6.45) is 1.47. The normalized spacial score (nSPS) is 10.6. The second-order valence-electron chi connectivity index (χ2n) is 3.66. The highest BCUT2D eigenvalue weighted by Gasteiger charge is 2.16. The van der Waals surface area contributed by atoms with Gasteiger partial charge in [-0.05, 0) is 6.07 Å². The van der Waals surface area contributed by atoms with Crippen molar-refractivity contribution in [3.8, 4) is 0 Å². The van der Waals surface area contributed by atoms with Gasteiger partial charge in [0.1, 0.15) is 17.4 Å². The predicted octanol–water partition coefficient (Wildman–Crippen LogP) is 1.46. The minimum absolute atomic E-state index is 0.0798. The fourth-order valence-corrected chi connectivity index (χ4v) is 1.77. The van der Waals surface area contributed by atoms with E-state index >= 15 is 0 Å². The zero-order chi connectivity index (χ0) is 13.3. The van der Waals surface area contributed by atoms with Gasteiger partial charge in [-0.3, -0.25) is 14.3 Å². The third kappa shape index (κ3) is 2.19. The van der Waals surface area contributed by atoms with Crippen molar-refractivity contribution in [1.29, 1.82) is 0 Å². The average molecular weight is 268 g/mol. The molecule has 18 heavy (non-hydrogen) atoms. The molecule has 0 aliphatic rings. The Balaban J connectivity index is 2.61. The Labute approximate surface area is 108 Å². The van der Waals surface area contributed by atoms with E-state index in [9.17, 15) is 9.59 Å². The summed E-state index contributed by atoms with van der Waals surface area (Å²) < 4.78 is 5.94. The fraction of sp³-hybridized carbons (Fsp3) is 0.273. The third-order valence-electron chi connectivity index (χ3n) is 2.44. The number of halogens is 1. The average Bonchev–Trinajstić information content (AvgIpc) is 2.67. The second kappa shape index (κ2) is 4.73. The van der Waals surface area contributed by atoms with E-state index in [4.69, 9.17) is 11.6 Å². The molecule has 7 heteroatoms. The molecule has 0 aliphatic carbocycles. The first kappa shape index (κ1) is 12.5. The summed E-state index contributed by atoms with van der Waals surface area (Å²) in [6.45, 7) is 1.32. The Morgan fingerprint density at radius 1 is 1.50 bits per heavy atom. The van der Waals surface area contributed by atoms with E-state index in [2.05, 4.69) is 14.8 Å². The lowest BCUT2D eigenvalue weighted by atomic mass is 10.2. The van der Waals surface area contributed by atoms with Gasteiger partial charge in [-0.25, -0.2) is 4.98 Å². The van der Waals surface area contributed by atoms with E-state index in [1.807, 2.05) is 0 Å². The quantitative estimate of drug-likeness (QED) is 0.478. The SMILES string of the molecule is COC(=O)Cn1nc(C(C)=O)c2cc(Cl)ncc21. The Morgan fingerprint density at radius 3 is 2.83 bits per heavy atom. The number of hydrogen-bond acceptors (Lipinski definition) is 5. The lowest BCUT2D eigenvalue weighted by molar-refractivity contribution is -0.141. The number of ketones is 1. The van der Waals surface area contributed by atoms with Crippen LogP contribution in [-0.2, 0) is 16.1 Å². The summed E-state index contributed by atoms with van der Waals surface area (Å²) in [4.78, 5) is 26.7. The lowest BCUT2D eigenvalue weighted by Crippen LogP contribution is -2.13. The van der Waals surface area contributed by atoms with Crippen molar-refractivity contribution in [2.45, 2.75) is 13.5 Å². The van der Waals surface area contributed by atoms with E-state index in [1.165, 1.54) is 24.9 Å². The number of Topliss-reactive ketones (excluding diaryl/α,β-unsaturated/α-hetero) is 1. The van der Waals surface area contributed by atoms with E-state index in [-0.39, 0.29) is 23.2 Å². The van der Waals surface area contributed by atoms with Crippen molar-refractivity contribution in [3.63, 3.8) is 0 Å². The smallest absolute Gasteiger partial charge is 0.327 e. The molecule has 0 spiro atoms. The molecular weight excluding hydrogens is 258 g/mol. The first-order valence-corrected chi connectivity index (χ1v) is 5.50. The maximum absolute atomic E-state index is 11.5. The van der Waals surface area contributed by atoms with Crippen molar-refractivity contribution >= 4 is 34.3 Å². The number of carbonyl (C=O) groups excluding carboxylic acids is 2. The minimum atomic E-state index is -0.454. The Hall–Kier alpha value is -1.95. The van der Waals surface area contributed by atoms with Crippen LogP contribution in [-0.4, -0.2) is 33.6 Å². The summed E-state index contributed by atoms with van der Waals surface area (Å²) in [5, 5.41) is 4.93. The topological polar surface area (TPSA) is 74.1 Å².